The van der Waals surface area contributed by atoms with Crippen LogP contribution in [0, 0.1) is 5.41 Å². The molecule has 0 saturated carbocycles. The maximum absolute atomic E-state index is 10.7. The Bertz CT molecular complexity index is 205. The zero-order valence-electron chi connectivity index (χ0n) is 8.12. The quantitative estimate of drug-likeness (QED) is 0.672. The van der Waals surface area contributed by atoms with Crippen molar-refractivity contribution in [3.8, 4) is 0 Å². The fourth-order valence-corrected chi connectivity index (χ4v) is 1.82. The van der Waals surface area contributed by atoms with Gasteiger partial charge < -0.3 is 10.0 Å². The molecule has 1 heterocycles. The van der Waals surface area contributed by atoms with Gasteiger partial charge in [0.05, 0.1) is 6.42 Å². The van der Waals surface area contributed by atoms with Gasteiger partial charge in [0.2, 0.25) is 0 Å². The average molecular weight is 183 g/mol. The minimum atomic E-state index is -0.718. The largest absolute Gasteiger partial charge is 0.481 e. The fourth-order valence-electron chi connectivity index (χ4n) is 1.82. The zero-order chi connectivity index (χ0) is 9.90. The van der Waals surface area contributed by atoms with E-state index in [0.29, 0.717) is 0 Å². The van der Waals surface area contributed by atoms with Gasteiger partial charge in [-0.05, 0) is 33.0 Å². The third-order valence-corrected chi connectivity index (χ3v) is 2.92. The second-order valence-electron chi connectivity index (χ2n) is 3.94. The Labute approximate surface area is 79.0 Å². The molecule has 0 radical (unpaired) electrons. The third kappa shape index (κ3) is 2.56. The maximum Gasteiger partial charge on any atom is 0.304 e. The van der Waals surface area contributed by atoms with Crippen molar-refractivity contribution >= 4 is 5.97 Å². The van der Waals surface area contributed by atoms with Crippen LogP contribution < -0.4 is 0 Å². The molecule has 0 aromatic rings. The molecule has 13 heavy (non-hydrogen) atoms. The van der Waals surface area contributed by atoms with Crippen molar-refractivity contribution in [2.75, 3.05) is 20.1 Å². The predicted octanol–water partition coefficient (Wildman–Crippen LogP) is 1.36. The number of piperidine rings is 1. The Kier molecular flexibility index (Phi) is 3.09. The Hall–Kier alpha value is -0.830. The average Bonchev–Trinajstić information content (AvgIpc) is 2.09. The van der Waals surface area contributed by atoms with Crippen molar-refractivity contribution in [2.45, 2.75) is 19.3 Å². The number of carboxylic acid groups (broad SMARTS) is 1. The van der Waals surface area contributed by atoms with Crippen LogP contribution in [0.4, 0.5) is 0 Å². The van der Waals surface area contributed by atoms with Gasteiger partial charge in [0, 0.05) is 5.41 Å². The molecule has 0 bridgehead atoms. The van der Waals surface area contributed by atoms with Crippen LogP contribution in [0.3, 0.4) is 0 Å². The summed E-state index contributed by atoms with van der Waals surface area (Å²) in [4.78, 5) is 12.9. The normalized spacial score (nSPS) is 22.5. The summed E-state index contributed by atoms with van der Waals surface area (Å²) in [6, 6.07) is 0. The van der Waals surface area contributed by atoms with Crippen LogP contribution in [0.5, 0.6) is 0 Å². The van der Waals surface area contributed by atoms with Crippen molar-refractivity contribution in [1.82, 2.24) is 4.90 Å². The van der Waals surface area contributed by atoms with Gasteiger partial charge in [-0.3, -0.25) is 4.79 Å². The molecule has 1 aliphatic rings. The number of nitrogens with zero attached hydrogens (tertiary/aromatic N) is 1. The SMILES string of the molecule is C=CC1(CC(=O)O)CCN(C)CC1. The number of carboxylic acids is 1. The molecule has 0 amide bonds. The molecule has 1 saturated heterocycles. The lowest BCUT2D eigenvalue weighted by atomic mass is 9.76. The maximum atomic E-state index is 10.7. The first-order valence-corrected chi connectivity index (χ1v) is 4.62. The van der Waals surface area contributed by atoms with Gasteiger partial charge in [-0.25, -0.2) is 0 Å². The van der Waals surface area contributed by atoms with E-state index in [1.54, 1.807) is 0 Å². The van der Waals surface area contributed by atoms with Crippen molar-refractivity contribution in [2.24, 2.45) is 5.41 Å². The van der Waals surface area contributed by atoms with Crippen LogP contribution in [-0.4, -0.2) is 36.1 Å². The molecule has 0 unspecified atom stereocenters. The first-order chi connectivity index (χ1) is 6.08. The summed E-state index contributed by atoms with van der Waals surface area (Å²) in [6.07, 6.45) is 3.89. The molecule has 1 fully saturated rings. The summed E-state index contributed by atoms with van der Waals surface area (Å²) >= 11 is 0. The van der Waals surface area contributed by atoms with E-state index in [-0.39, 0.29) is 11.8 Å². The second-order valence-corrected chi connectivity index (χ2v) is 3.94. The summed E-state index contributed by atoms with van der Waals surface area (Å²) in [7, 11) is 2.06. The van der Waals surface area contributed by atoms with Gasteiger partial charge in [0.25, 0.3) is 0 Å². The molecule has 1 rings (SSSR count). The van der Waals surface area contributed by atoms with Gasteiger partial charge in [0.15, 0.2) is 0 Å². The number of likely N-dealkylation sites (tertiary alicyclic amines) is 1. The summed E-state index contributed by atoms with van der Waals surface area (Å²) < 4.78 is 0. The standard InChI is InChI=1S/C10H17NO2/c1-3-10(8-9(12)13)4-6-11(2)7-5-10/h3H,1,4-8H2,2H3,(H,12,13). The molecule has 74 valence electrons. The van der Waals surface area contributed by atoms with E-state index in [1.807, 2.05) is 6.08 Å². The van der Waals surface area contributed by atoms with Gasteiger partial charge in [0.1, 0.15) is 0 Å². The van der Waals surface area contributed by atoms with Crippen LogP contribution in [0.25, 0.3) is 0 Å². The summed E-state index contributed by atoms with van der Waals surface area (Å²) in [6.45, 7) is 5.70. The summed E-state index contributed by atoms with van der Waals surface area (Å²) in [5.74, 6) is -0.718. The van der Waals surface area contributed by atoms with Gasteiger partial charge in [-0.2, -0.15) is 0 Å². The van der Waals surface area contributed by atoms with Gasteiger partial charge >= 0.3 is 5.97 Å². The molecular formula is C10H17NO2. The lowest BCUT2D eigenvalue weighted by Crippen LogP contribution is -2.38. The number of aliphatic carboxylic acids is 1. The Morgan fingerprint density at radius 3 is 2.54 bits per heavy atom. The van der Waals surface area contributed by atoms with Crippen LogP contribution in [0.1, 0.15) is 19.3 Å². The van der Waals surface area contributed by atoms with Crippen molar-refractivity contribution < 1.29 is 9.90 Å². The van der Waals surface area contributed by atoms with Gasteiger partial charge in [-0.15, -0.1) is 6.58 Å². The highest BCUT2D eigenvalue weighted by Crippen LogP contribution is 2.35. The molecule has 0 aliphatic carbocycles. The molecule has 1 N–H and O–H groups in total. The van der Waals surface area contributed by atoms with E-state index in [0.717, 1.165) is 25.9 Å². The number of hydrogen-bond donors (Lipinski definition) is 1. The minimum absolute atomic E-state index is 0.154. The van der Waals surface area contributed by atoms with Gasteiger partial charge in [-0.1, -0.05) is 6.08 Å². The molecule has 0 spiro atoms. The molecule has 1 aliphatic heterocycles. The molecular weight excluding hydrogens is 166 g/mol. The second kappa shape index (κ2) is 3.92. The zero-order valence-corrected chi connectivity index (χ0v) is 8.12. The van der Waals surface area contributed by atoms with Crippen LogP contribution in [0.15, 0.2) is 12.7 Å². The Morgan fingerprint density at radius 2 is 2.15 bits per heavy atom. The fraction of sp³-hybridized carbons (Fsp3) is 0.700. The van der Waals surface area contributed by atoms with E-state index in [1.165, 1.54) is 0 Å². The van der Waals surface area contributed by atoms with E-state index < -0.39 is 5.97 Å². The molecule has 0 aromatic carbocycles. The first kappa shape index (κ1) is 10.3. The van der Waals surface area contributed by atoms with E-state index in [9.17, 15) is 4.79 Å². The topological polar surface area (TPSA) is 40.5 Å². The number of hydrogen-bond acceptors (Lipinski definition) is 2. The highest BCUT2D eigenvalue weighted by atomic mass is 16.4. The van der Waals surface area contributed by atoms with Crippen LogP contribution >= 0.6 is 0 Å². The number of rotatable bonds is 3. The third-order valence-electron chi connectivity index (χ3n) is 2.92. The lowest BCUT2D eigenvalue weighted by Gasteiger charge is -2.37. The molecule has 0 aromatic heterocycles. The minimum Gasteiger partial charge on any atom is -0.481 e. The number of carbonyl (C=O) groups is 1. The summed E-state index contributed by atoms with van der Waals surface area (Å²) in [5.41, 5.74) is -0.154. The van der Waals surface area contributed by atoms with E-state index in [4.69, 9.17) is 5.11 Å². The highest BCUT2D eigenvalue weighted by Gasteiger charge is 2.32. The van der Waals surface area contributed by atoms with Crippen LogP contribution in [-0.2, 0) is 4.79 Å². The predicted molar refractivity (Wildman–Crippen MR) is 51.6 cm³/mol. The Morgan fingerprint density at radius 1 is 1.62 bits per heavy atom. The monoisotopic (exact) mass is 183 g/mol. The molecule has 3 heteroatoms. The highest BCUT2D eigenvalue weighted by molar-refractivity contribution is 5.68. The van der Waals surface area contributed by atoms with E-state index >= 15 is 0 Å². The molecule has 3 nitrogen and oxygen atoms in total. The number of allylic oxidation sites excluding steroid dienone is 1. The summed E-state index contributed by atoms with van der Waals surface area (Å²) in [5, 5.41) is 8.77. The Balaban J connectivity index is 2.60. The first-order valence-electron chi connectivity index (χ1n) is 4.62. The van der Waals surface area contributed by atoms with Crippen molar-refractivity contribution in [3.63, 3.8) is 0 Å². The smallest absolute Gasteiger partial charge is 0.304 e. The van der Waals surface area contributed by atoms with Crippen molar-refractivity contribution in [3.05, 3.63) is 12.7 Å². The lowest BCUT2D eigenvalue weighted by molar-refractivity contribution is -0.139. The van der Waals surface area contributed by atoms with E-state index in [2.05, 4.69) is 18.5 Å². The molecule has 0 atom stereocenters. The van der Waals surface area contributed by atoms with Crippen LogP contribution in [0.2, 0.25) is 0 Å². The van der Waals surface area contributed by atoms with Crippen molar-refractivity contribution in [1.29, 1.82) is 0 Å².